The number of nitrogens with zero attached hydrogens (tertiary/aromatic N) is 3. The van der Waals surface area contributed by atoms with Crippen LogP contribution in [0.5, 0.6) is 0 Å². The predicted octanol–water partition coefficient (Wildman–Crippen LogP) is 4.32. The number of aromatic nitrogens is 2. The van der Waals surface area contributed by atoms with Crippen molar-refractivity contribution in [2.75, 3.05) is 0 Å². The highest BCUT2D eigenvalue weighted by molar-refractivity contribution is 7.99. The fourth-order valence-corrected chi connectivity index (χ4v) is 3.13. The molecule has 3 rings (SSSR count). The summed E-state index contributed by atoms with van der Waals surface area (Å²) in [5, 5.41) is 2.71. The van der Waals surface area contributed by atoms with E-state index in [1.165, 1.54) is 17.8 Å². The maximum Gasteiger partial charge on any atom is 0.240 e. The van der Waals surface area contributed by atoms with Crippen molar-refractivity contribution >= 4 is 34.9 Å². The van der Waals surface area contributed by atoms with Crippen LogP contribution in [0, 0.1) is 0 Å². The molecule has 2 aromatic heterocycles. The number of carbonyl (C=O) groups excluding carboxylic acids is 1. The molecule has 0 saturated carbocycles. The van der Waals surface area contributed by atoms with Crippen molar-refractivity contribution < 1.29 is 4.79 Å². The number of rotatable bonds is 4. The van der Waals surface area contributed by atoms with Crippen molar-refractivity contribution in [3.63, 3.8) is 0 Å². The molecule has 0 unspecified atom stereocenters. The Labute approximate surface area is 129 Å². The first-order chi connectivity index (χ1) is 10.3. The first kappa shape index (κ1) is 13.7. The molecule has 102 valence electrons. The molecule has 0 fully saturated rings. The van der Waals surface area contributed by atoms with E-state index in [-0.39, 0.29) is 0 Å². The Balaban J connectivity index is 1.81. The largest absolute Gasteiger partial charge is 0.240 e. The third-order valence-electron chi connectivity index (χ3n) is 2.63. The lowest BCUT2D eigenvalue weighted by atomic mass is 10.3. The maximum atomic E-state index is 10.2. The fraction of sp³-hybridized carbons (Fsp3) is 0. The molecule has 3 aromatic rings. The third kappa shape index (κ3) is 3.44. The summed E-state index contributed by atoms with van der Waals surface area (Å²) in [7, 11) is 0. The van der Waals surface area contributed by atoms with Gasteiger partial charge in [-0.05, 0) is 53.5 Å². The number of benzene rings is 1. The molecule has 0 N–H and O–H groups in total. The molecule has 6 heteroatoms. The zero-order valence-electron chi connectivity index (χ0n) is 10.8. The van der Waals surface area contributed by atoms with Gasteiger partial charge in [-0.3, -0.25) is 0 Å². The number of hydrogen-bond donors (Lipinski definition) is 0. The van der Waals surface area contributed by atoms with Gasteiger partial charge in [-0.25, -0.2) is 14.8 Å². The molecule has 0 radical (unpaired) electrons. The minimum Gasteiger partial charge on any atom is -0.231 e. The van der Waals surface area contributed by atoms with Crippen LogP contribution in [-0.2, 0) is 4.79 Å². The van der Waals surface area contributed by atoms with Crippen LogP contribution in [0.4, 0.5) is 5.69 Å². The molecule has 2 heterocycles. The zero-order valence-corrected chi connectivity index (χ0v) is 12.4. The summed E-state index contributed by atoms with van der Waals surface area (Å²) in [5.41, 5.74) is 1.51. The van der Waals surface area contributed by atoms with Crippen molar-refractivity contribution in [3.8, 4) is 10.6 Å². The highest BCUT2D eigenvalue weighted by atomic mass is 32.2. The molecule has 4 nitrogen and oxygen atoms in total. The van der Waals surface area contributed by atoms with Gasteiger partial charge in [0.1, 0.15) is 0 Å². The summed E-state index contributed by atoms with van der Waals surface area (Å²) >= 11 is 3.12. The molecular formula is C15H9N3OS2. The van der Waals surface area contributed by atoms with Gasteiger partial charge in [-0.2, -0.15) is 4.99 Å². The van der Waals surface area contributed by atoms with Crippen LogP contribution in [0.1, 0.15) is 0 Å². The molecule has 0 aliphatic rings. The maximum absolute atomic E-state index is 10.2. The van der Waals surface area contributed by atoms with Crippen LogP contribution in [0.15, 0.2) is 69.1 Å². The standard InChI is InChI=1S/C15H9N3OS2/c19-10-17-11-3-5-12(6-4-11)21-15-16-8-7-13(18-15)14-2-1-9-20-14/h1-9H. The van der Waals surface area contributed by atoms with E-state index in [1.54, 1.807) is 29.7 Å². The molecular weight excluding hydrogens is 302 g/mol. The van der Waals surface area contributed by atoms with Crippen molar-refractivity contribution in [2.45, 2.75) is 10.1 Å². The Kier molecular flexibility index (Phi) is 4.21. The molecule has 1 aromatic carbocycles. The summed E-state index contributed by atoms with van der Waals surface area (Å²) in [6.45, 7) is 0. The average Bonchev–Trinajstić information content (AvgIpc) is 3.04. The SMILES string of the molecule is O=C=Nc1ccc(Sc2nccc(-c3cccs3)n2)cc1. The van der Waals surface area contributed by atoms with Crippen LogP contribution in [0.2, 0.25) is 0 Å². The molecule has 0 saturated heterocycles. The Morgan fingerprint density at radius 1 is 1.14 bits per heavy atom. The monoisotopic (exact) mass is 311 g/mol. The smallest absolute Gasteiger partial charge is 0.231 e. The molecule has 0 spiro atoms. The summed E-state index contributed by atoms with van der Waals surface area (Å²) < 4.78 is 0. The van der Waals surface area contributed by atoms with E-state index in [1.807, 2.05) is 35.7 Å². The Bertz CT molecular complexity index is 779. The second-order valence-electron chi connectivity index (χ2n) is 4.00. The van der Waals surface area contributed by atoms with Gasteiger partial charge in [0.25, 0.3) is 0 Å². The first-order valence-corrected chi connectivity index (χ1v) is 7.77. The minimum absolute atomic E-state index is 0.586. The molecule has 0 amide bonds. The lowest BCUT2D eigenvalue weighted by Gasteiger charge is -2.02. The molecule has 21 heavy (non-hydrogen) atoms. The van der Waals surface area contributed by atoms with Crippen LogP contribution in [0.3, 0.4) is 0 Å². The fourth-order valence-electron chi connectivity index (χ4n) is 1.70. The number of aliphatic imine (C=N–C) groups is 1. The molecule has 0 aliphatic heterocycles. The number of hydrogen-bond acceptors (Lipinski definition) is 6. The van der Waals surface area contributed by atoms with E-state index in [9.17, 15) is 4.79 Å². The Morgan fingerprint density at radius 2 is 2.00 bits per heavy atom. The quantitative estimate of drug-likeness (QED) is 0.409. The highest BCUT2D eigenvalue weighted by Crippen LogP contribution is 2.29. The third-order valence-corrected chi connectivity index (χ3v) is 4.41. The summed E-state index contributed by atoms with van der Waals surface area (Å²) in [5.74, 6) is 0. The summed E-state index contributed by atoms with van der Waals surface area (Å²) in [4.78, 5) is 24.7. The van der Waals surface area contributed by atoms with Crippen LogP contribution < -0.4 is 0 Å². The van der Waals surface area contributed by atoms with E-state index in [4.69, 9.17) is 0 Å². The van der Waals surface area contributed by atoms with E-state index < -0.39 is 0 Å². The molecule has 0 atom stereocenters. The summed E-state index contributed by atoms with van der Waals surface area (Å²) in [6, 6.07) is 13.2. The van der Waals surface area contributed by atoms with Crippen molar-refractivity contribution in [1.82, 2.24) is 9.97 Å². The van der Waals surface area contributed by atoms with Gasteiger partial charge in [-0.1, -0.05) is 6.07 Å². The topological polar surface area (TPSA) is 55.2 Å². The second kappa shape index (κ2) is 6.45. The van der Waals surface area contributed by atoms with Crippen LogP contribution >= 0.6 is 23.1 Å². The van der Waals surface area contributed by atoms with E-state index >= 15 is 0 Å². The highest BCUT2D eigenvalue weighted by Gasteiger charge is 2.05. The van der Waals surface area contributed by atoms with Gasteiger partial charge < -0.3 is 0 Å². The number of thiophene rings is 1. The summed E-state index contributed by atoms with van der Waals surface area (Å²) in [6.07, 6.45) is 3.28. The van der Waals surface area contributed by atoms with Gasteiger partial charge >= 0.3 is 0 Å². The predicted molar refractivity (Wildman–Crippen MR) is 83.7 cm³/mol. The Hall–Kier alpha value is -2.27. The molecule has 0 aliphatic carbocycles. The van der Waals surface area contributed by atoms with Crippen LogP contribution in [-0.4, -0.2) is 16.0 Å². The van der Waals surface area contributed by atoms with E-state index in [0.29, 0.717) is 10.8 Å². The lowest BCUT2D eigenvalue weighted by Crippen LogP contribution is -1.87. The zero-order chi connectivity index (χ0) is 14.5. The van der Waals surface area contributed by atoms with Crippen LogP contribution in [0.25, 0.3) is 10.6 Å². The van der Waals surface area contributed by atoms with Gasteiger partial charge in [0, 0.05) is 11.1 Å². The van der Waals surface area contributed by atoms with E-state index in [0.717, 1.165) is 15.5 Å². The van der Waals surface area contributed by atoms with Gasteiger partial charge in [0.15, 0.2) is 5.16 Å². The lowest BCUT2D eigenvalue weighted by molar-refractivity contribution is 0.565. The first-order valence-electron chi connectivity index (χ1n) is 6.08. The van der Waals surface area contributed by atoms with E-state index in [2.05, 4.69) is 15.0 Å². The minimum atomic E-state index is 0.586. The van der Waals surface area contributed by atoms with Gasteiger partial charge in [0.2, 0.25) is 6.08 Å². The molecule has 0 bridgehead atoms. The van der Waals surface area contributed by atoms with Crippen molar-refractivity contribution in [2.24, 2.45) is 4.99 Å². The normalized spacial score (nSPS) is 10.1. The second-order valence-corrected chi connectivity index (χ2v) is 5.99. The average molecular weight is 311 g/mol. The van der Waals surface area contributed by atoms with Gasteiger partial charge in [-0.15, -0.1) is 11.3 Å². The number of isocyanates is 1. The Morgan fingerprint density at radius 3 is 2.71 bits per heavy atom. The van der Waals surface area contributed by atoms with Gasteiger partial charge in [0.05, 0.1) is 16.3 Å². The van der Waals surface area contributed by atoms with Crippen molar-refractivity contribution in [3.05, 3.63) is 54.0 Å². The van der Waals surface area contributed by atoms with Crippen molar-refractivity contribution in [1.29, 1.82) is 0 Å².